The highest BCUT2D eigenvalue weighted by molar-refractivity contribution is 6.04. The average molecular weight is 471 g/mol. The van der Waals surface area contributed by atoms with Gasteiger partial charge in [0.2, 0.25) is 11.7 Å². The van der Waals surface area contributed by atoms with Gasteiger partial charge in [-0.15, -0.1) is 0 Å². The molecule has 0 aliphatic rings. The molecule has 3 aromatic carbocycles. The molecule has 7 nitrogen and oxygen atoms in total. The summed E-state index contributed by atoms with van der Waals surface area (Å²) in [5.41, 5.74) is 3.82. The Labute approximate surface area is 203 Å². The number of amides is 1. The Bertz CT molecular complexity index is 1390. The van der Waals surface area contributed by atoms with Gasteiger partial charge in [-0.3, -0.25) is 4.79 Å². The molecule has 0 aliphatic heterocycles. The summed E-state index contributed by atoms with van der Waals surface area (Å²) in [6, 6.07) is 16.5. The minimum atomic E-state index is -0.341. The molecular weight excluding hydrogens is 444 g/mol. The Hall–Kier alpha value is -4.65. The van der Waals surface area contributed by atoms with Gasteiger partial charge < -0.3 is 29.6 Å². The Morgan fingerprint density at radius 3 is 2.29 bits per heavy atom. The molecule has 7 heteroatoms. The predicted octanol–water partition coefficient (Wildman–Crippen LogP) is 5.72. The molecule has 4 aromatic rings. The number of fused-ring (bicyclic) bond motifs is 1. The second kappa shape index (κ2) is 10.5. The van der Waals surface area contributed by atoms with Gasteiger partial charge in [-0.05, 0) is 53.1 Å². The number of aromatic hydroxyl groups is 1. The van der Waals surface area contributed by atoms with Gasteiger partial charge >= 0.3 is 0 Å². The van der Waals surface area contributed by atoms with E-state index in [1.165, 1.54) is 6.08 Å². The second-order valence-corrected chi connectivity index (χ2v) is 7.68. The zero-order valence-electron chi connectivity index (χ0n) is 19.7. The van der Waals surface area contributed by atoms with Gasteiger partial charge in [0, 0.05) is 23.2 Å². The Balaban J connectivity index is 1.46. The van der Waals surface area contributed by atoms with Gasteiger partial charge in [0.1, 0.15) is 5.75 Å². The summed E-state index contributed by atoms with van der Waals surface area (Å²) in [7, 11) is 4.67. The molecule has 1 amide bonds. The van der Waals surface area contributed by atoms with E-state index < -0.39 is 0 Å². The highest BCUT2D eigenvalue weighted by Gasteiger charge is 2.12. The molecule has 4 rings (SSSR count). The monoisotopic (exact) mass is 470 g/mol. The standard InChI is InChI=1S/C28H26N2O5/c1-33-25-15-19(16-26(34-2)28(25)35-3)9-8-18-10-12-23(24(31)14-18)30-27(32)13-11-20-17-29-22-7-5-4-6-21(20)22/h4-17,29,31H,1-3H3,(H,30,32)/b9-8?,13-11+. The van der Waals surface area contributed by atoms with Crippen molar-refractivity contribution < 1.29 is 24.1 Å². The lowest BCUT2D eigenvalue weighted by atomic mass is 10.1. The molecular formula is C28H26N2O5. The van der Waals surface area contributed by atoms with Gasteiger partial charge in [-0.1, -0.05) is 36.4 Å². The average Bonchev–Trinajstić information content (AvgIpc) is 3.30. The topological polar surface area (TPSA) is 92.8 Å². The lowest BCUT2D eigenvalue weighted by molar-refractivity contribution is -0.111. The van der Waals surface area contributed by atoms with Crippen LogP contribution in [0.2, 0.25) is 0 Å². The van der Waals surface area contributed by atoms with Crippen LogP contribution in [0.1, 0.15) is 16.7 Å². The smallest absolute Gasteiger partial charge is 0.248 e. The van der Waals surface area contributed by atoms with Crippen LogP contribution in [-0.4, -0.2) is 37.3 Å². The van der Waals surface area contributed by atoms with Crippen molar-refractivity contribution >= 4 is 40.7 Å². The molecule has 0 radical (unpaired) electrons. The maximum Gasteiger partial charge on any atom is 0.248 e. The van der Waals surface area contributed by atoms with Crippen molar-refractivity contribution in [1.29, 1.82) is 0 Å². The minimum absolute atomic E-state index is 0.0362. The zero-order chi connectivity index (χ0) is 24.8. The third-order valence-corrected chi connectivity index (χ3v) is 5.47. The van der Waals surface area contributed by atoms with E-state index in [2.05, 4.69) is 10.3 Å². The number of hydrogen-bond donors (Lipinski definition) is 3. The first-order valence-electron chi connectivity index (χ1n) is 10.9. The predicted molar refractivity (Wildman–Crippen MR) is 139 cm³/mol. The molecule has 0 fully saturated rings. The van der Waals surface area contributed by atoms with Crippen LogP contribution in [0, 0.1) is 0 Å². The first kappa shape index (κ1) is 23.5. The van der Waals surface area contributed by atoms with Crippen molar-refractivity contribution in [3.8, 4) is 23.0 Å². The van der Waals surface area contributed by atoms with Crippen LogP contribution in [0.3, 0.4) is 0 Å². The van der Waals surface area contributed by atoms with Crippen LogP contribution in [0.5, 0.6) is 23.0 Å². The van der Waals surface area contributed by atoms with Gasteiger partial charge in [-0.2, -0.15) is 0 Å². The van der Waals surface area contributed by atoms with Crippen molar-refractivity contribution in [2.75, 3.05) is 26.6 Å². The molecule has 0 spiro atoms. The lowest BCUT2D eigenvalue weighted by Gasteiger charge is -2.12. The molecule has 0 bridgehead atoms. The largest absolute Gasteiger partial charge is 0.506 e. The SMILES string of the molecule is COc1cc(C=Cc2ccc(NC(=O)/C=C/c3c[nH]c4ccccc34)c(O)c2)cc(OC)c1OC. The van der Waals surface area contributed by atoms with Crippen LogP contribution >= 0.6 is 0 Å². The molecule has 0 atom stereocenters. The van der Waals surface area contributed by atoms with E-state index in [9.17, 15) is 9.90 Å². The highest BCUT2D eigenvalue weighted by atomic mass is 16.5. The number of ether oxygens (including phenoxy) is 3. The minimum Gasteiger partial charge on any atom is -0.506 e. The van der Waals surface area contributed by atoms with E-state index in [0.29, 0.717) is 22.9 Å². The molecule has 1 aromatic heterocycles. The number of carbonyl (C=O) groups is 1. The van der Waals surface area contributed by atoms with Crippen molar-refractivity contribution in [3.63, 3.8) is 0 Å². The third kappa shape index (κ3) is 5.30. The highest BCUT2D eigenvalue weighted by Crippen LogP contribution is 2.38. The van der Waals surface area contributed by atoms with Crippen LogP contribution in [0.15, 0.2) is 66.9 Å². The Morgan fingerprint density at radius 1 is 0.886 bits per heavy atom. The second-order valence-electron chi connectivity index (χ2n) is 7.68. The fourth-order valence-electron chi connectivity index (χ4n) is 3.72. The normalized spacial score (nSPS) is 11.3. The first-order valence-corrected chi connectivity index (χ1v) is 10.9. The van der Waals surface area contributed by atoms with Gasteiger partial charge in [0.25, 0.3) is 0 Å². The van der Waals surface area contributed by atoms with Crippen molar-refractivity contribution in [1.82, 2.24) is 4.98 Å². The van der Waals surface area contributed by atoms with Crippen molar-refractivity contribution in [2.45, 2.75) is 0 Å². The number of phenolic OH excluding ortho intramolecular Hbond substituents is 1. The quantitative estimate of drug-likeness (QED) is 0.174. The first-order chi connectivity index (χ1) is 17.0. The Kier molecular flexibility index (Phi) is 7.07. The molecule has 0 unspecified atom stereocenters. The van der Waals surface area contributed by atoms with E-state index in [0.717, 1.165) is 27.6 Å². The summed E-state index contributed by atoms with van der Waals surface area (Å²) in [5, 5.41) is 14.2. The molecule has 35 heavy (non-hydrogen) atoms. The third-order valence-electron chi connectivity index (χ3n) is 5.47. The van der Waals surface area contributed by atoms with E-state index in [4.69, 9.17) is 14.2 Å². The number of anilines is 1. The summed E-state index contributed by atoms with van der Waals surface area (Å²) in [6.07, 6.45) is 8.72. The summed E-state index contributed by atoms with van der Waals surface area (Å²) in [4.78, 5) is 15.6. The van der Waals surface area contributed by atoms with Crippen LogP contribution in [0.4, 0.5) is 5.69 Å². The number of nitrogens with one attached hydrogen (secondary N) is 2. The van der Waals surface area contributed by atoms with Crippen LogP contribution in [0.25, 0.3) is 29.1 Å². The van der Waals surface area contributed by atoms with Crippen LogP contribution < -0.4 is 19.5 Å². The number of para-hydroxylation sites is 1. The number of aromatic amines is 1. The maximum atomic E-state index is 12.4. The summed E-state index contributed by atoms with van der Waals surface area (Å²) < 4.78 is 16.1. The van der Waals surface area contributed by atoms with Crippen molar-refractivity contribution in [3.05, 3.63) is 83.6 Å². The summed E-state index contributed by atoms with van der Waals surface area (Å²) in [5.74, 6) is 1.24. The number of aromatic nitrogens is 1. The summed E-state index contributed by atoms with van der Waals surface area (Å²) >= 11 is 0. The molecule has 0 saturated carbocycles. The zero-order valence-corrected chi connectivity index (χ0v) is 19.7. The molecule has 0 aliphatic carbocycles. The number of H-pyrrole nitrogens is 1. The van der Waals surface area contributed by atoms with E-state index >= 15 is 0 Å². The molecule has 178 valence electrons. The molecule has 0 saturated heterocycles. The van der Waals surface area contributed by atoms with E-state index in [-0.39, 0.29) is 11.7 Å². The van der Waals surface area contributed by atoms with Crippen molar-refractivity contribution in [2.24, 2.45) is 0 Å². The van der Waals surface area contributed by atoms with Gasteiger partial charge in [0.15, 0.2) is 11.5 Å². The maximum absolute atomic E-state index is 12.4. The van der Waals surface area contributed by atoms with E-state index in [1.807, 2.05) is 54.7 Å². The number of phenols is 1. The number of methoxy groups -OCH3 is 3. The van der Waals surface area contributed by atoms with Gasteiger partial charge in [-0.25, -0.2) is 0 Å². The molecule has 3 N–H and O–H groups in total. The number of rotatable bonds is 8. The Morgan fingerprint density at radius 2 is 1.60 bits per heavy atom. The number of hydrogen-bond acceptors (Lipinski definition) is 5. The lowest BCUT2D eigenvalue weighted by Crippen LogP contribution is -2.07. The number of benzene rings is 3. The van der Waals surface area contributed by atoms with Gasteiger partial charge in [0.05, 0.1) is 27.0 Å². The van der Waals surface area contributed by atoms with Crippen LogP contribution in [-0.2, 0) is 4.79 Å². The fraction of sp³-hybridized carbons (Fsp3) is 0.107. The van der Waals surface area contributed by atoms with E-state index in [1.54, 1.807) is 45.6 Å². The summed E-state index contributed by atoms with van der Waals surface area (Å²) in [6.45, 7) is 0. The molecule has 1 heterocycles. The number of carbonyl (C=O) groups excluding carboxylic acids is 1. The fourth-order valence-corrected chi connectivity index (χ4v) is 3.72.